The number of ether oxygens (including phenoxy) is 2. The van der Waals surface area contributed by atoms with Gasteiger partial charge < -0.3 is 9.47 Å². The smallest absolute Gasteiger partial charge is 0.333 e. The van der Waals surface area contributed by atoms with Crippen molar-refractivity contribution in [3.05, 3.63) is 12.2 Å². The van der Waals surface area contributed by atoms with Crippen molar-refractivity contribution >= 4 is 5.97 Å². The van der Waals surface area contributed by atoms with E-state index in [9.17, 15) is 4.79 Å². The minimum Gasteiger partial charge on any atom is -0.462 e. The van der Waals surface area contributed by atoms with E-state index in [1.54, 1.807) is 6.92 Å². The second-order valence-corrected chi connectivity index (χ2v) is 4.26. The summed E-state index contributed by atoms with van der Waals surface area (Å²) in [7, 11) is 0. The van der Waals surface area contributed by atoms with E-state index in [0.717, 1.165) is 19.3 Å². The number of carbonyl (C=O) groups is 1. The molecule has 0 aromatic carbocycles. The van der Waals surface area contributed by atoms with Crippen molar-refractivity contribution < 1.29 is 14.3 Å². The molecule has 2 unspecified atom stereocenters. The van der Waals surface area contributed by atoms with Gasteiger partial charge in [-0.05, 0) is 32.1 Å². The topological polar surface area (TPSA) is 38.8 Å². The molecule has 14 heavy (non-hydrogen) atoms. The van der Waals surface area contributed by atoms with Crippen molar-refractivity contribution in [2.24, 2.45) is 5.92 Å². The average Bonchev–Trinajstić information content (AvgIpc) is 2.74. The maximum absolute atomic E-state index is 11.0. The molecular weight excluding hydrogens is 180 g/mol. The molecule has 0 amide bonds. The summed E-state index contributed by atoms with van der Waals surface area (Å²) in [6.07, 6.45) is 4.31. The summed E-state index contributed by atoms with van der Waals surface area (Å²) < 4.78 is 10.4. The van der Waals surface area contributed by atoms with Crippen LogP contribution < -0.4 is 0 Å². The molecule has 2 atom stereocenters. The number of epoxide rings is 1. The highest BCUT2D eigenvalue weighted by atomic mass is 16.6. The monoisotopic (exact) mass is 196 g/mol. The Morgan fingerprint density at radius 1 is 1.50 bits per heavy atom. The average molecular weight is 196 g/mol. The van der Waals surface area contributed by atoms with Crippen LogP contribution in [0.5, 0.6) is 0 Å². The van der Waals surface area contributed by atoms with E-state index < -0.39 is 0 Å². The molecular formula is C11H16O3. The lowest BCUT2D eigenvalue weighted by Gasteiger charge is -2.10. The van der Waals surface area contributed by atoms with Crippen LogP contribution in [0.2, 0.25) is 0 Å². The summed E-state index contributed by atoms with van der Waals surface area (Å²) in [5.41, 5.74) is 0.475. The summed E-state index contributed by atoms with van der Waals surface area (Å²) in [6.45, 7) is 5.72. The van der Waals surface area contributed by atoms with Crippen LogP contribution in [0.15, 0.2) is 12.2 Å². The maximum Gasteiger partial charge on any atom is 0.333 e. The predicted molar refractivity (Wildman–Crippen MR) is 51.8 cm³/mol. The number of fused-ring (bicyclic) bond motifs is 1. The van der Waals surface area contributed by atoms with E-state index in [2.05, 4.69) is 6.58 Å². The minimum atomic E-state index is -0.274. The third-order valence-corrected chi connectivity index (χ3v) is 2.93. The first-order valence-corrected chi connectivity index (χ1v) is 5.15. The Morgan fingerprint density at radius 2 is 2.14 bits per heavy atom. The van der Waals surface area contributed by atoms with Crippen LogP contribution >= 0.6 is 0 Å². The number of esters is 1. The SMILES string of the molecule is C=C(C)C(=O)OCCC1CC2OC2C1. The van der Waals surface area contributed by atoms with E-state index in [0.29, 0.717) is 30.3 Å². The van der Waals surface area contributed by atoms with E-state index in [1.165, 1.54) is 0 Å². The molecule has 1 aliphatic heterocycles. The highest BCUT2D eigenvalue weighted by Crippen LogP contribution is 2.43. The molecule has 0 radical (unpaired) electrons. The zero-order chi connectivity index (χ0) is 10.1. The molecule has 0 bridgehead atoms. The van der Waals surface area contributed by atoms with Crippen molar-refractivity contribution in [2.75, 3.05) is 6.61 Å². The molecule has 2 rings (SSSR count). The number of carbonyl (C=O) groups excluding carboxylic acids is 1. The molecule has 2 fully saturated rings. The second-order valence-electron chi connectivity index (χ2n) is 4.26. The van der Waals surface area contributed by atoms with Crippen molar-refractivity contribution in [1.82, 2.24) is 0 Å². The summed E-state index contributed by atoms with van der Waals surface area (Å²) in [4.78, 5) is 11.0. The van der Waals surface area contributed by atoms with E-state index in [-0.39, 0.29) is 5.97 Å². The third kappa shape index (κ3) is 2.15. The quantitative estimate of drug-likeness (QED) is 0.390. The van der Waals surface area contributed by atoms with Gasteiger partial charge in [0, 0.05) is 5.57 Å². The lowest BCUT2D eigenvalue weighted by molar-refractivity contribution is -0.139. The number of hydrogen-bond acceptors (Lipinski definition) is 3. The van der Waals surface area contributed by atoms with Crippen molar-refractivity contribution in [1.29, 1.82) is 0 Å². The molecule has 2 aliphatic rings. The molecule has 1 saturated carbocycles. The van der Waals surface area contributed by atoms with Crippen LogP contribution in [-0.4, -0.2) is 24.8 Å². The van der Waals surface area contributed by atoms with Gasteiger partial charge in [-0.2, -0.15) is 0 Å². The highest BCUT2D eigenvalue weighted by Gasteiger charge is 2.47. The van der Waals surface area contributed by atoms with E-state index in [4.69, 9.17) is 9.47 Å². The number of hydrogen-bond donors (Lipinski definition) is 0. The van der Waals surface area contributed by atoms with Crippen LogP contribution in [0.4, 0.5) is 0 Å². The summed E-state index contributed by atoms with van der Waals surface area (Å²) in [6, 6.07) is 0. The highest BCUT2D eigenvalue weighted by molar-refractivity contribution is 5.86. The van der Waals surface area contributed by atoms with Crippen molar-refractivity contribution in [2.45, 2.75) is 38.4 Å². The molecule has 0 spiro atoms. The lowest BCUT2D eigenvalue weighted by Crippen LogP contribution is -2.10. The van der Waals surface area contributed by atoms with Crippen LogP contribution in [0.3, 0.4) is 0 Å². The minimum absolute atomic E-state index is 0.274. The Morgan fingerprint density at radius 3 is 2.71 bits per heavy atom. The van der Waals surface area contributed by atoms with Gasteiger partial charge in [0.2, 0.25) is 0 Å². The Labute approximate surface area is 84.1 Å². The molecule has 1 saturated heterocycles. The molecule has 3 heteroatoms. The fourth-order valence-electron chi connectivity index (χ4n) is 2.02. The summed E-state index contributed by atoms with van der Waals surface area (Å²) in [5, 5.41) is 0. The van der Waals surface area contributed by atoms with Gasteiger partial charge in [-0.25, -0.2) is 4.79 Å². The van der Waals surface area contributed by atoms with Gasteiger partial charge in [-0.1, -0.05) is 6.58 Å². The molecule has 0 aromatic heterocycles. The van der Waals surface area contributed by atoms with Gasteiger partial charge >= 0.3 is 5.97 Å². The van der Waals surface area contributed by atoms with Crippen LogP contribution in [-0.2, 0) is 14.3 Å². The standard InChI is InChI=1S/C11H16O3/c1-7(2)11(12)13-4-3-8-5-9-10(6-8)14-9/h8-10H,1,3-6H2,2H3. The van der Waals surface area contributed by atoms with Crippen molar-refractivity contribution in [3.63, 3.8) is 0 Å². The van der Waals surface area contributed by atoms with Crippen molar-refractivity contribution in [3.8, 4) is 0 Å². The first kappa shape index (κ1) is 9.71. The zero-order valence-electron chi connectivity index (χ0n) is 8.49. The maximum atomic E-state index is 11.0. The first-order valence-electron chi connectivity index (χ1n) is 5.15. The van der Waals surface area contributed by atoms with Crippen LogP contribution in [0.1, 0.15) is 26.2 Å². The summed E-state index contributed by atoms with van der Waals surface area (Å²) in [5.74, 6) is 0.418. The zero-order valence-corrected chi connectivity index (χ0v) is 8.49. The van der Waals surface area contributed by atoms with E-state index >= 15 is 0 Å². The normalized spacial score (nSPS) is 33.6. The van der Waals surface area contributed by atoms with Crippen LogP contribution in [0, 0.1) is 5.92 Å². The third-order valence-electron chi connectivity index (χ3n) is 2.93. The van der Waals surface area contributed by atoms with Gasteiger partial charge in [0.15, 0.2) is 0 Å². The second kappa shape index (κ2) is 3.73. The van der Waals surface area contributed by atoms with Gasteiger partial charge in [0.05, 0.1) is 18.8 Å². The Balaban J connectivity index is 1.59. The lowest BCUT2D eigenvalue weighted by atomic mass is 10.0. The first-order chi connectivity index (χ1) is 6.66. The molecule has 0 N–H and O–H groups in total. The molecule has 0 aromatic rings. The van der Waals surface area contributed by atoms with E-state index in [1.807, 2.05) is 0 Å². The molecule has 1 heterocycles. The van der Waals surface area contributed by atoms with Crippen LogP contribution in [0.25, 0.3) is 0 Å². The number of rotatable bonds is 4. The molecule has 1 aliphatic carbocycles. The molecule has 3 nitrogen and oxygen atoms in total. The van der Waals surface area contributed by atoms with Gasteiger partial charge in [-0.15, -0.1) is 0 Å². The summed E-state index contributed by atoms with van der Waals surface area (Å²) >= 11 is 0. The largest absolute Gasteiger partial charge is 0.462 e. The Bertz CT molecular complexity index is 249. The Kier molecular flexibility index (Phi) is 2.59. The fourth-order valence-corrected chi connectivity index (χ4v) is 2.02. The molecule has 78 valence electrons. The van der Waals surface area contributed by atoms with Gasteiger partial charge in [0.25, 0.3) is 0 Å². The van der Waals surface area contributed by atoms with Gasteiger partial charge in [-0.3, -0.25) is 0 Å². The Hall–Kier alpha value is -0.830. The fraction of sp³-hybridized carbons (Fsp3) is 0.727. The van der Waals surface area contributed by atoms with Gasteiger partial charge in [0.1, 0.15) is 0 Å². The predicted octanol–water partition coefficient (Wildman–Crippen LogP) is 1.67.